The van der Waals surface area contributed by atoms with Crippen LogP contribution in [0.5, 0.6) is 0 Å². The molecule has 0 N–H and O–H groups in total. The first-order chi connectivity index (χ1) is 7.23. The summed E-state index contributed by atoms with van der Waals surface area (Å²) in [4.78, 5) is 0. The average molecular weight is 271 g/mol. The van der Waals surface area contributed by atoms with Gasteiger partial charge >= 0.3 is 0 Å². The zero-order valence-corrected chi connectivity index (χ0v) is 11.1. The molecule has 0 radical (unpaired) electrons. The summed E-state index contributed by atoms with van der Waals surface area (Å²) in [6.07, 6.45) is 2.29. The van der Waals surface area contributed by atoms with Gasteiger partial charge in [0.15, 0.2) is 0 Å². The lowest BCUT2D eigenvalue weighted by molar-refractivity contribution is -0.0180. The summed E-state index contributed by atoms with van der Waals surface area (Å²) in [6.45, 7) is 5.14. The van der Waals surface area contributed by atoms with Gasteiger partial charge in [0, 0.05) is 11.9 Å². The minimum atomic E-state index is -0.198. The molecule has 1 unspecified atom stereocenters. The zero-order chi connectivity index (χ0) is 11.1. The van der Waals surface area contributed by atoms with E-state index in [2.05, 4.69) is 54.0 Å². The first-order valence-electron chi connectivity index (χ1n) is 5.48. The predicted octanol–water partition coefficient (Wildman–Crippen LogP) is 4.11. The molecule has 0 aliphatic carbocycles. The van der Waals surface area contributed by atoms with Crippen molar-refractivity contribution in [3.63, 3.8) is 0 Å². The number of benzene rings is 1. The maximum absolute atomic E-state index is 5.96. The van der Waals surface area contributed by atoms with E-state index in [0.29, 0.717) is 0 Å². The Hall–Kier alpha value is -0.340. The van der Waals surface area contributed by atoms with Crippen molar-refractivity contribution < 1.29 is 4.74 Å². The van der Waals surface area contributed by atoms with Crippen LogP contribution in [-0.4, -0.2) is 11.9 Å². The number of hydrogen-bond donors (Lipinski definition) is 0. The molecule has 1 rings (SSSR count). The lowest BCUT2D eigenvalue weighted by atomic mass is 9.98. The van der Waals surface area contributed by atoms with Crippen molar-refractivity contribution >= 4 is 15.9 Å². The van der Waals surface area contributed by atoms with Crippen molar-refractivity contribution in [2.75, 3.05) is 11.9 Å². The minimum Gasteiger partial charge on any atom is -0.370 e. The average Bonchev–Trinajstić information content (AvgIpc) is 2.30. The van der Waals surface area contributed by atoms with Gasteiger partial charge in [0.25, 0.3) is 0 Å². The largest absolute Gasteiger partial charge is 0.370 e. The number of unbranched alkanes of at least 4 members (excludes halogenated alkanes) is 1. The molecule has 1 aromatic rings. The van der Waals surface area contributed by atoms with E-state index in [0.717, 1.165) is 18.4 Å². The summed E-state index contributed by atoms with van der Waals surface area (Å²) in [5.74, 6) is 0. The van der Waals surface area contributed by atoms with Crippen LogP contribution >= 0.6 is 15.9 Å². The van der Waals surface area contributed by atoms with E-state index in [1.807, 2.05) is 6.07 Å². The molecule has 1 aromatic carbocycles. The van der Waals surface area contributed by atoms with E-state index in [1.54, 1.807) is 0 Å². The summed E-state index contributed by atoms with van der Waals surface area (Å²) >= 11 is 3.54. The molecule has 0 saturated carbocycles. The second-order valence-corrected chi connectivity index (χ2v) is 4.49. The highest BCUT2D eigenvalue weighted by Gasteiger charge is 2.25. The predicted molar refractivity (Wildman–Crippen MR) is 68.4 cm³/mol. The quantitative estimate of drug-likeness (QED) is 0.558. The van der Waals surface area contributed by atoms with Crippen molar-refractivity contribution in [1.82, 2.24) is 0 Å². The van der Waals surface area contributed by atoms with Crippen LogP contribution in [0, 0.1) is 0 Å². The second-order valence-electron chi connectivity index (χ2n) is 3.93. The van der Waals surface area contributed by atoms with Crippen LogP contribution in [0.15, 0.2) is 30.3 Å². The normalized spacial score (nSPS) is 14.9. The monoisotopic (exact) mass is 270 g/mol. The van der Waals surface area contributed by atoms with Crippen LogP contribution in [0.3, 0.4) is 0 Å². The van der Waals surface area contributed by atoms with E-state index >= 15 is 0 Å². The van der Waals surface area contributed by atoms with Gasteiger partial charge < -0.3 is 4.74 Å². The van der Waals surface area contributed by atoms with E-state index in [1.165, 1.54) is 12.0 Å². The second kappa shape index (κ2) is 6.29. The van der Waals surface area contributed by atoms with Gasteiger partial charge in [-0.25, -0.2) is 0 Å². The van der Waals surface area contributed by atoms with E-state index in [4.69, 9.17) is 4.74 Å². The van der Waals surface area contributed by atoms with E-state index in [9.17, 15) is 0 Å². The van der Waals surface area contributed by atoms with Crippen molar-refractivity contribution in [1.29, 1.82) is 0 Å². The van der Waals surface area contributed by atoms with Crippen LogP contribution in [-0.2, 0) is 10.3 Å². The smallest absolute Gasteiger partial charge is 0.0999 e. The molecule has 0 spiro atoms. The van der Waals surface area contributed by atoms with Crippen molar-refractivity contribution in [3.05, 3.63) is 35.9 Å². The molecule has 0 aromatic heterocycles. The number of halogens is 1. The van der Waals surface area contributed by atoms with Crippen molar-refractivity contribution in [2.45, 2.75) is 32.3 Å². The standard InChI is InChI=1S/C13H19BrO/c1-3-4-10-15-13(2,11-14)12-8-6-5-7-9-12/h5-9H,3-4,10-11H2,1-2H3. The summed E-state index contributed by atoms with van der Waals surface area (Å²) in [5.41, 5.74) is 1.04. The van der Waals surface area contributed by atoms with Crippen molar-refractivity contribution in [3.8, 4) is 0 Å². The lowest BCUT2D eigenvalue weighted by Crippen LogP contribution is -2.28. The molecule has 1 atom stereocenters. The van der Waals surface area contributed by atoms with Crippen molar-refractivity contribution in [2.24, 2.45) is 0 Å². The molecule has 0 fully saturated rings. The van der Waals surface area contributed by atoms with Gasteiger partial charge in [-0.2, -0.15) is 0 Å². The van der Waals surface area contributed by atoms with E-state index in [-0.39, 0.29) is 5.60 Å². The first kappa shape index (κ1) is 12.7. The molecule has 0 aliphatic rings. The van der Waals surface area contributed by atoms with Crippen LogP contribution < -0.4 is 0 Å². The number of ether oxygens (including phenoxy) is 1. The van der Waals surface area contributed by atoms with Gasteiger partial charge in [-0.05, 0) is 18.9 Å². The van der Waals surface area contributed by atoms with Crippen LogP contribution in [0.25, 0.3) is 0 Å². The Kier molecular flexibility index (Phi) is 5.34. The molecular weight excluding hydrogens is 252 g/mol. The Morgan fingerprint density at radius 3 is 2.47 bits per heavy atom. The Balaban J connectivity index is 2.67. The number of rotatable bonds is 6. The molecule has 2 heteroatoms. The molecule has 0 aliphatic heterocycles. The Labute approximate surface area is 101 Å². The minimum absolute atomic E-state index is 0.198. The molecule has 0 saturated heterocycles. The highest BCUT2D eigenvalue weighted by Crippen LogP contribution is 2.27. The maximum Gasteiger partial charge on any atom is 0.0999 e. The third kappa shape index (κ3) is 3.62. The fourth-order valence-electron chi connectivity index (χ4n) is 1.43. The fraction of sp³-hybridized carbons (Fsp3) is 0.538. The molecule has 0 amide bonds. The molecule has 15 heavy (non-hydrogen) atoms. The third-order valence-corrected chi connectivity index (χ3v) is 3.63. The van der Waals surface area contributed by atoms with Gasteiger partial charge in [-0.1, -0.05) is 59.6 Å². The molecule has 1 nitrogen and oxygen atoms in total. The number of alkyl halides is 1. The first-order valence-corrected chi connectivity index (χ1v) is 6.60. The van der Waals surface area contributed by atoms with Gasteiger partial charge in [0.1, 0.15) is 0 Å². The van der Waals surface area contributed by atoms with Crippen LogP contribution in [0.2, 0.25) is 0 Å². The molecule has 0 heterocycles. The SMILES string of the molecule is CCCCOC(C)(CBr)c1ccccc1. The third-order valence-electron chi connectivity index (χ3n) is 2.56. The fourth-order valence-corrected chi connectivity index (χ4v) is 1.92. The van der Waals surface area contributed by atoms with Crippen LogP contribution in [0.1, 0.15) is 32.3 Å². The summed E-state index contributed by atoms with van der Waals surface area (Å²) in [5, 5.41) is 0.827. The summed E-state index contributed by atoms with van der Waals surface area (Å²) in [7, 11) is 0. The Bertz CT molecular complexity index is 273. The Morgan fingerprint density at radius 1 is 1.27 bits per heavy atom. The summed E-state index contributed by atoms with van der Waals surface area (Å²) in [6, 6.07) is 10.4. The topological polar surface area (TPSA) is 9.23 Å². The lowest BCUT2D eigenvalue weighted by Gasteiger charge is -2.28. The van der Waals surface area contributed by atoms with Crippen LogP contribution in [0.4, 0.5) is 0 Å². The molecular formula is C13H19BrO. The molecule has 84 valence electrons. The van der Waals surface area contributed by atoms with E-state index < -0.39 is 0 Å². The molecule has 0 bridgehead atoms. The number of hydrogen-bond acceptors (Lipinski definition) is 1. The van der Waals surface area contributed by atoms with Gasteiger partial charge in [-0.15, -0.1) is 0 Å². The van der Waals surface area contributed by atoms with Gasteiger partial charge in [-0.3, -0.25) is 0 Å². The highest BCUT2D eigenvalue weighted by molar-refractivity contribution is 9.09. The summed E-state index contributed by atoms with van der Waals surface area (Å²) < 4.78 is 5.96. The van der Waals surface area contributed by atoms with Gasteiger partial charge in [0.05, 0.1) is 5.60 Å². The van der Waals surface area contributed by atoms with Gasteiger partial charge in [0.2, 0.25) is 0 Å². The zero-order valence-electron chi connectivity index (χ0n) is 9.50. The Morgan fingerprint density at radius 2 is 1.93 bits per heavy atom. The highest BCUT2D eigenvalue weighted by atomic mass is 79.9. The maximum atomic E-state index is 5.96.